The molecule has 0 aromatic heterocycles. The predicted molar refractivity (Wildman–Crippen MR) is 128 cm³/mol. The van der Waals surface area contributed by atoms with Crippen molar-refractivity contribution in [2.24, 2.45) is 5.10 Å². The van der Waals surface area contributed by atoms with E-state index in [0.29, 0.717) is 17.7 Å². The standard InChI is InChI=1S/C27H25F2N3O3/c1-35-15-14-31(27(34)20-10-7-11-21(28)16-20)18-26(33)32-25(19-8-3-2-4-9-19)17-24(30-32)22-12-5-6-13-23(22)29/h2-13,16,25H,14-15,17-18H2,1H3. The average molecular weight is 478 g/mol. The van der Waals surface area contributed by atoms with Crippen LogP contribution in [0, 0.1) is 11.6 Å². The van der Waals surface area contributed by atoms with Crippen molar-refractivity contribution in [1.82, 2.24) is 9.91 Å². The molecule has 1 heterocycles. The molecule has 180 valence electrons. The molecule has 0 N–H and O–H groups in total. The van der Waals surface area contributed by atoms with E-state index >= 15 is 0 Å². The lowest BCUT2D eigenvalue weighted by Gasteiger charge is -2.27. The van der Waals surface area contributed by atoms with Gasteiger partial charge < -0.3 is 9.64 Å². The van der Waals surface area contributed by atoms with Gasteiger partial charge in [0.15, 0.2) is 0 Å². The highest BCUT2D eigenvalue weighted by atomic mass is 19.1. The van der Waals surface area contributed by atoms with Crippen LogP contribution in [-0.2, 0) is 9.53 Å². The van der Waals surface area contributed by atoms with Crippen molar-refractivity contribution in [3.63, 3.8) is 0 Å². The lowest BCUT2D eigenvalue weighted by molar-refractivity contribution is -0.133. The number of benzene rings is 3. The second-order valence-corrected chi connectivity index (χ2v) is 8.13. The van der Waals surface area contributed by atoms with Crippen molar-refractivity contribution in [1.29, 1.82) is 0 Å². The highest BCUT2D eigenvalue weighted by Crippen LogP contribution is 2.33. The van der Waals surface area contributed by atoms with Gasteiger partial charge in [-0.2, -0.15) is 5.10 Å². The maximum Gasteiger partial charge on any atom is 0.262 e. The van der Waals surface area contributed by atoms with Gasteiger partial charge in [-0.1, -0.05) is 54.6 Å². The topological polar surface area (TPSA) is 62.2 Å². The third-order valence-corrected chi connectivity index (χ3v) is 5.79. The lowest BCUT2D eigenvalue weighted by Crippen LogP contribution is -2.42. The zero-order valence-electron chi connectivity index (χ0n) is 19.2. The van der Waals surface area contributed by atoms with Crippen LogP contribution in [0.15, 0.2) is 84.0 Å². The fourth-order valence-corrected chi connectivity index (χ4v) is 4.03. The van der Waals surface area contributed by atoms with E-state index in [1.54, 1.807) is 18.2 Å². The predicted octanol–water partition coefficient (Wildman–Crippen LogP) is 4.43. The van der Waals surface area contributed by atoms with Crippen LogP contribution in [0.5, 0.6) is 0 Å². The average Bonchev–Trinajstić information content (AvgIpc) is 3.32. The van der Waals surface area contributed by atoms with Crippen molar-refractivity contribution >= 4 is 17.5 Å². The van der Waals surface area contributed by atoms with Crippen molar-refractivity contribution < 1.29 is 23.1 Å². The molecular formula is C27H25F2N3O3. The largest absolute Gasteiger partial charge is 0.383 e. The van der Waals surface area contributed by atoms with Crippen LogP contribution in [0.25, 0.3) is 0 Å². The first-order chi connectivity index (χ1) is 17.0. The number of carbonyl (C=O) groups is 2. The van der Waals surface area contributed by atoms with Crippen molar-refractivity contribution in [3.05, 3.63) is 107 Å². The van der Waals surface area contributed by atoms with Gasteiger partial charge in [-0.05, 0) is 29.8 Å². The van der Waals surface area contributed by atoms with E-state index in [1.807, 2.05) is 30.3 Å². The van der Waals surface area contributed by atoms with E-state index in [9.17, 15) is 18.4 Å². The fourth-order valence-electron chi connectivity index (χ4n) is 4.03. The first-order valence-corrected chi connectivity index (χ1v) is 11.2. The molecule has 2 amide bonds. The molecule has 3 aromatic carbocycles. The third kappa shape index (κ3) is 5.60. The minimum absolute atomic E-state index is 0.130. The summed E-state index contributed by atoms with van der Waals surface area (Å²) in [6.45, 7) is 0.0294. The van der Waals surface area contributed by atoms with Gasteiger partial charge in [-0.15, -0.1) is 0 Å². The van der Waals surface area contributed by atoms with Gasteiger partial charge in [0.2, 0.25) is 0 Å². The van der Waals surface area contributed by atoms with Gasteiger partial charge in [0.1, 0.15) is 18.2 Å². The molecule has 0 saturated carbocycles. The molecule has 0 spiro atoms. The number of nitrogens with zero attached hydrogens (tertiary/aromatic N) is 3. The number of rotatable bonds is 8. The fraction of sp³-hybridized carbons (Fsp3) is 0.222. The lowest BCUT2D eigenvalue weighted by atomic mass is 9.98. The Balaban J connectivity index is 1.63. The summed E-state index contributed by atoms with van der Waals surface area (Å²) in [4.78, 5) is 27.9. The normalized spacial score (nSPS) is 15.1. The Hall–Kier alpha value is -3.91. The van der Waals surface area contributed by atoms with E-state index < -0.39 is 29.5 Å². The molecule has 0 fully saturated rings. The number of hydrazone groups is 1. The van der Waals surface area contributed by atoms with E-state index in [-0.39, 0.29) is 25.3 Å². The van der Waals surface area contributed by atoms with Gasteiger partial charge in [0.05, 0.1) is 18.4 Å². The number of halogens is 2. The van der Waals surface area contributed by atoms with Crippen LogP contribution in [-0.4, -0.2) is 54.2 Å². The number of amides is 2. The van der Waals surface area contributed by atoms with Gasteiger partial charge >= 0.3 is 0 Å². The van der Waals surface area contributed by atoms with E-state index in [1.165, 1.54) is 41.3 Å². The smallest absolute Gasteiger partial charge is 0.262 e. The molecule has 0 radical (unpaired) electrons. The Morgan fingerprint density at radius 3 is 2.49 bits per heavy atom. The maximum absolute atomic E-state index is 14.5. The number of hydrogen-bond donors (Lipinski definition) is 0. The number of carbonyl (C=O) groups excluding carboxylic acids is 2. The molecule has 1 aliphatic heterocycles. The summed E-state index contributed by atoms with van der Waals surface area (Å²) in [5.41, 5.74) is 1.75. The van der Waals surface area contributed by atoms with E-state index in [4.69, 9.17) is 4.74 Å². The molecule has 35 heavy (non-hydrogen) atoms. The van der Waals surface area contributed by atoms with Gasteiger partial charge in [0.25, 0.3) is 11.8 Å². The Morgan fingerprint density at radius 2 is 1.77 bits per heavy atom. The Labute approximate surface area is 202 Å². The molecule has 0 aliphatic carbocycles. The van der Waals surface area contributed by atoms with Gasteiger partial charge in [-0.3, -0.25) is 9.59 Å². The molecule has 0 bridgehead atoms. The Kier molecular flexibility index (Phi) is 7.62. The second-order valence-electron chi connectivity index (χ2n) is 8.13. The summed E-state index contributed by atoms with van der Waals surface area (Å²) in [6, 6.07) is 20.5. The van der Waals surface area contributed by atoms with Crippen molar-refractivity contribution in [2.45, 2.75) is 12.5 Å². The summed E-state index contributed by atoms with van der Waals surface area (Å²) >= 11 is 0. The first-order valence-electron chi connectivity index (χ1n) is 11.2. The Bertz CT molecular complexity index is 1230. The van der Waals surface area contributed by atoms with Gasteiger partial charge in [0, 0.05) is 31.2 Å². The van der Waals surface area contributed by atoms with Gasteiger partial charge in [-0.25, -0.2) is 13.8 Å². The Morgan fingerprint density at radius 1 is 1.03 bits per heavy atom. The number of ether oxygens (including phenoxy) is 1. The minimum atomic E-state index is -0.545. The first kappa shape index (κ1) is 24.2. The summed E-state index contributed by atoms with van der Waals surface area (Å²) in [6.07, 6.45) is 0.326. The second kappa shape index (κ2) is 11.0. The van der Waals surface area contributed by atoms with Crippen LogP contribution in [0.3, 0.4) is 0 Å². The third-order valence-electron chi connectivity index (χ3n) is 5.79. The molecule has 1 unspecified atom stereocenters. The minimum Gasteiger partial charge on any atom is -0.383 e. The van der Waals surface area contributed by atoms with Crippen LogP contribution >= 0.6 is 0 Å². The number of hydrogen-bond acceptors (Lipinski definition) is 4. The zero-order valence-corrected chi connectivity index (χ0v) is 19.2. The molecule has 3 aromatic rings. The van der Waals surface area contributed by atoms with E-state index in [0.717, 1.165) is 11.6 Å². The van der Waals surface area contributed by atoms with Crippen LogP contribution in [0.2, 0.25) is 0 Å². The monoisotopic (exact) mass is 477 g/mol. The van der Waals surface area contributed by atoms with Crippen molar-refractivity contribution in [2.75, 3.05) is 26.8 Å². The molecular weight excluding hydrogens is 452 g/mol. The molecule has 4 rings (SSSR count). The summed E-state index contributed by atoms with van der Waals surface area (Å²) in [7, 11) is 1.49. The molecule has 1 aliphatic rings. The summed E-state index contributed by atoms with van der Waals surface area (Å²) in [5, 5.41) is 5.80. The number of methoxy groups -OCH3 is 1. The maximum atomic E-state index is 14.5. The van der Waals surface area contributed by atoms with Crippen molar-refractivity contribution in [3.8, 4) is 0 Å². The highest BCUT2D eigenvalue weighted by Gasteiger charge is 2.35. The summed E-state index contributed by atoms with van der Waals surface area (Å²) < 4.78 is 33.3. The van der Waals surface area contributed by atoms with Crippen LogP contribution < -0.4 is 0 Å². The highest BCUT2D eigenvalue weighted by molar-refractivity contribution is 6.04. The molecule has 1 atom stereocenters. The van der Waals surface area contributed by atoms with Crippen LogP contribution in [0.4, 0.5) is 8.78 Å². The molecule has 6 nitrogen and oxygen atoms in total. The molecule has 8 heteroatoms. The van der Waals surface area contributed by atoms with Crippen LogP contribution in [0.1, 0.15) is 33.9 Å². The zero-order chi connectivity index (χ0) is 24.8. The SMILES string of the molecule is COCCN(CC(=O)N1N=C(c2ccccc2F)CC1c1ccccc1)C(=O)c1cccc(F)c1. The molecule has 0 saturated heterocycles. The quantitative estimate of drug-likeness (QED) is 0.482. The summed E-state index contributed by atoms with van der Waals surface area (Å²) in [5.74, 6) is -1.90. The van der Waals surface area contributed by atoms with E-state index in [2.05, 4.69) is 5.10 Å².